The first kappa shape index (κ1) is 14.0. The highest BCUT2D eigenvalue weighted by atomic mass is 16.5. The number of hydrogen-bond acceptors (Lipinski definition) is 3. The molecule has 1 unspecified atom stereocenters. The summed E-state index contributed by atoms with van der Waals surface area (Å²) in [6.45, 7) is 0.201. The predicted octanol–water partition coefficient (Wildman–Crippen LogP) is 1.80. The van der Waals surface area contributed by atoms with Gasteiger partial charge in [-0.1, -0.05) is 43.2 Å². The van der Waals surface area contributed by atoms with E-state index in [0.717, 1.165) is 18.4 Å². The van der Waals surface area contributed by atoms with Gasteiger partial charge in [-0.15, -0.1) is 0 Å². The summed E-state index contributed by atoms with van der Waals surface area (Å²) in [5, 5.41) is 11.5. The molecule has 1 fully saturated rings. The smallest absolute Gasteiger partial charge is 0.253 e. The van der Waals surface area contributed by atoms with Gasteiger partial charge in [-0.2, -0.15) is 0 Å². The molecule has 0 aliphatic heterocycles. The summed E-state index contributed by atoms with van der Waals surface area (Å²) >= 11 is 0. The number of carbonyl (C=O) groups excluding carboxylic acids is 1. The highest BCUT2D eigenvalue weighted by Crippen LogP contribution is 2.27. The standard InChI is InChI=1S/C15H21NO3/c17-11-10-16-15(18)14(12-6-2-1-3-7-12)19-13-8-4-5-9-13/h1-3,6-7,13-14,17H,4-5,8-11H2,(H,16,18). The number of hydrogen-bond donors (Lipinski definition) is 2. The molecule has 4 nitrogen and oxygen atoms in total. The maximum atomic E-state index is 12.1. The molecular weight excluding hydrogens is 242 g/mol. The number of rotatable bonds is 6. The van der Waals surface area contributed by atoms with Gasteiger partial charge in [-0.3, -0.25) is 4.79 Å². The van der Waals surface area contributed by atoms with Crippen LogP contribution >= 0.6 is 0 Å². The van der Waals surface area contributed by atoms with Crippen molar-refractivity contribution in [3.05, 3.63) is 35.9 Å². The maximum absolute atomic E-state index is 12.1. The third kappa shape index (κ3) is 4.04. The van der Waals surface area contributed by atoms with Crippen LogP contribution in [0.3, 0.4) is 0 Å². The molecule has 2 rings (SSSR count). The Labute approximate surface area is 113 Å². The van der Waals surface area contributed by atoms with Crippen molar-refractivity contribution in [1.29, 1.82) is 0 Å². The number of benzene rings is 1. The van der Waals surface area contributed by atoms with Gasteiger partial charge in [0.25, 0.3) is 5.91 Å². The quantitative estimate of drug-likeness (QED) is 0.822. The summed E-state index contributed by atoms with van der Waals surface area (Å²) in [7, 11) is 0. The summed E-state index contributed by atoms with van der Waals surface area (Å²) < 4.78 is 5.96. The Morgan fingerprint density at radius 3 is 2.63 bits per heavy atom. The number of nitrogens with one attached hydrogen (secondary N) is 1. The largest absolute Gasteiger partial charge is 0.395 e. The van der Waals surface area contributed by atoms with Crippen LogP contribution in [0, 0.1) is 0 Å². The Kier molecular flexibility index (Phi) is 5.36. The fourth-order valence-electron chi connectivity index (χ4n) is 2.41. The summed E-state index contributed by atoms with van der Waals surface area (Å²) in [6.07, 6.45) is 3.99. The maximum Gasteiger partial charge on any atom is 0.253 e. The molecule has 0 spiro atoms. The third-order valence-corrected chi connectivity index (χ3v) is 3.38. The van der Waals surface area contributed by atoms with Gasteiger partial charge < -0.3 is 15.2 Å². The second-order valence-electron chi connectivity index (χ2n) is 4.85. The van der Waals surface area contributed by atoms with Gasteiger partial charge in [0.15, 0.2) is 6.10 Å². The van der Waals surface area contributed by atoms with Crippen molar-refractivity contribution < 1.29 is 14.6 Å². The van der Waals surface area contributed by atoms with E-state index in [4.69, 9.17) is 9.84 Å². The lowest BCUT2D eigenvalue weighted by Gasteiger charge is -2.21. The SMILES string of the molecule is O=C(NCCO)C(OC1CCCC1)c1ccccc1. The van der Waals surface area contributed by atoms with E-state index in [2.05, 4.69) is 5.32 Å². The molecule has 1 aliphatic carbocycles. The second-order valence-corrected chi connectivity index (χ2v) is 4.85. The van der Waals surface area contributed by atoms with E-state index in [1.165, 1.54) is 12.8 Å². The molecule has 0 bridgehead atoms. The molecule has 2 N–H and O–H groups in total. The number of aliphatic hydroxyl groups is 1. The van der Waals surface area contributed by atoms with Crippen molar-refractivity contribution in [2.45, 2.75) is 37.9 Å². The number of amides is 1. The number of carbonyl (C=O) groups is 1. The summed E-state index contributed by atoms with van der Waals surface area (Å²) in [4.78, 5) is 12.1. The van der Waals surface area contributed by atoms with Gasteiger partial charge >= 0.3 is 0 Å². The van der Waals surface area contributed by atoms with E-state index >= 15 is 0 Å². The van der Waals surface area contributed by atoms with Crippen molar-refractivity contribution in [3.8, 4) is 0 Å². The first-order valence-corrected chi connectivity index (χ1v) is 6.90. The van der Waals surface area contributed by atoms with Gasteiger partial charge in [-0.25, -0.2) is 0 Å². The van der Waals surface area contributed by atoms with Crippen LogP contribution in [0.1, 0.15) is 37.4 Å². The third-order valence-electron chi connectivity index (χ3n) is 3.38. The van der Waals surface area contributed by atoms with Crippen molar-refractivity contribution in [2.24, 2.45) is 0 Å². The average molecular weight is 263 g/mol. The highest BCUT2D eigenvalue weighted by Gasteiger charge is 2.26. The molecule has 104 valence electrons. The Bertz CT molecular complexity index is 388. The topological polar surface area (TPSA) is 58.6 Å². The molecule has 0 heterocycles. The lowest BCUT2D eigenvalue weighted by atomic mass is 10.1. The van der Waals surface area contributed by atoms with Crippen molar-refractivity contribution in [3.63, 3.8) is 0 Å². The molecule has 0 saturated heterocycles. The van der Waals surface area contributed by atoms with Crippen LogP contribution in [0.2, 0.25) is 0 Å². The van der Waals surface area contributed by atoms with E-state index in [-0.39, 0.29) is 25.2 Å². The van der Waals surface area contributed by atoms with E-state index < -0.39 is 6.10 Å². The molecule has 0 aromatic heterocycles. The van der Waals surface area contributed by atoms with Gasteiger partial charge in [-0.05, 0) is 18.4 Å². The van der Waals surface area contributed by atoms with Crippen LogP contribution in [0.25, 0.3) is 0 Å². The van der Waals surface area contributed by atoms with E-state index in [1.807, 2.05) is 30.3 Å². The Morgan fingerprint density at radius 1 is 1.32 bits per heavy atom. The fourth-order valence-corrected chi connectivity index (χ4v) is 2.41. The van der Waals surface area contributed by atoms with Crippen LogP contribution in [-0.4, -0.2) is 30.3 Å². The highest BCUT2D eigenvalue weighted by molar-refractivity contribution is 5.82. The first-order chi connectivity index (χ1) is 9.31. The zero-order valence-corrected chi connectivity index (χ0v) is 11.0. The monoisotopic (exact) mass is 263 g/mol. The minimum atomic E-state index is -0.573. The molecule has 1 atom stereocenters. The zero-order valence-electron chi connectivity index (χ0n) is 11.0. The lowest BCUT2D eigenvalue weighted by molar-refractivity contribution is -0.137. The molecule has 1 amide bonds. The minimum Gasteiger partial charge on any atom is -0.395 e. The first-order valence-electron chi connectivity index (χ1n) is 6.90. The van der Waals surface area contributed by atoms with E-state index in [0.29, 0.717) is 0 Å². The normalized spacial score (nSPS) is 17.3. The summed E-state index contributed by atoms with van der Waals surface area (Å²) in [5.41, 5.74) is 0.866. The average Bonchev–Trinajstić information content (AvgIpc) is 2.96. The van der Waals surface area contributed by atoms with Crippen LogP contribution < -0.4 is 5.32 Å². The molecule has 4 heteroatoms. The molecule has 1 aromatic rings. The van der Waals surface area contributed by atoms with Crippen LogP contribution in [-0.2, 0) is 9.53 Å². The van der Waals surface area contributed by atoms with E-state index in [9.17, 15) is 4.79 Å². The Morgan fingerprint density at radius 2 is 2.00 bits per heavy atom. The molecule has 1 saturated carbocycles. The fraction of sp³-hybridized carbons (Fsp3) is 0.533. The predicted molar refractivity (Wildman–Crippen MR) is 72.6 cm³/mol. The van der Waals surface area contributed by atoms with Crippen LogP contribution in [0.5, 0.6) is 0 Å². The molecule has 1 aliphatic rings. The van der Waals surface area contributed by atoms with Gasteiger partial charge in [0.2, 0.25) is 0 Å². The lowest BCUT2D eigenvalue weighted by Crippen LogP contribution is -2.34. The van der Waals surface area contributed by atoms with Crippen LogP contribution in [0.15, 0.2) is 30.3 Å². The number of aliphatic hydroxyl groups excluding tert-OH is 1. The molecular formula is C15H21NO3. The van der Waals surface area contributed by atoms with Crippen molar-refractivity contribution in [1.82, 2.24) is 5.32 Å². The summed E-state index contributed by atoms with van der Waals surface area (Å²) in [5.74, 6) is -0.174. The van der Waals surface area contributed by atoms with Gasteiger partial charge in [0.1, 0.15) is 0 Å². The molecule has 19 heavy (non-hydrogen) atoms. The number of ether oxygens (including phenoxy) is 1. The Balaban J connectivity index is 2.05. The second kappa shape index (κ2) is 7.26. The minimum absolute atomic E-state index is 0.0589. The molecule has 0 radical (unpaired) electrons. The summed E-state index contributed by atoms with van der Waals surface area (Å²) in [6, 6.07) is 9.53. The van der Waals surface area contributed by atoms with Crippen molar-refractivity contribution >= 4 is 5.91 Å². The van der Waals surface area contributed by atoms with Crippen molar-refractivity contribution in [2.75, 3.05) is 13.2 Å². The van der Waals surface area contributed by atoms with Crippen LogP contribution in [0.4, 0.5) is 0 Å². The van der Waals surface area contributed by atoms with Gasteiger partial charge in [0.05, 0.1) is 12.7 Å². The molecule has 1 aromatic carbocycles. The van der Waals surface area contributed by atoms with E-state index in [1.54, 1.807) is 0 Å². The van der Waals surface area contributed by atoms with Gasteiger partial charge in [0, 0.05) is 6.54 Å². The Hall–Kier alpha value is -1.39. The zero-order chi connectivity index (χ0) is 13.5.